The largest absolute Gasteiger partial charge is 0.493 e. The molecule has 5 heteroatoms. The lowest BCUT2D eigenvalue weighted by molar-refractivity contribution is 0.247. The highest BCUT2D eigenvalue weighted by Crippen LogP contribution is 2.17. The SMILES string of the molecule is CN(CCCOc1ccccc1C(N)=S)Cc1ccco1. The van der Waals surface area contributed by atoms with E-state index in [2.05, 4.69) is 11.9 Å². The predicted octanol–water partition coefficient (Wildman–Crippen LogP) is 2.81. The summed E-state index contributed by atoms with van der Waals surface area (Å²) in [7, 11) is 2.06. The molecule has 112 valence electrons. The molecule has 0 aliphatic heterocycles. The molecule has 4 nitrogen and oxygen atoms in total. The van der Waals surface area contributed by atoms with Gasteiger partial charge in [-0.2, -0.15) is 0 Å². The van der Waals surface area contributed by atoms with Gasteiger partial charge in [-0.25, -0.2) is 0 Å². The minimum Gasteiger partial charge on any atom is -0.493 e. The molecule has 2 N–H and O–H groups in total. The molecule has 1 aromatic carbocycles. The van der Waals surface area contributed by atoms with Crippen LogP contribution >= 0.6 is 12.2 Å². The first-order valence-corrected chi connectivity index (χ1v) is 7.30. The zero-order valence-electron chi connectivity index (χ0n) is 12.1. The van der Waals surface area contributed by atoms with Crippen molar-refractivity contribution in [3.05, 3.63) is 54.0 Å². The standard InChI is InChI=1S/C16H20N2O2S/c1-18(12-13-6-4-10-19-13)9-5-11-20-15-8-3-2-7-14(15)16(17)21/h2-4,6-8,10H,5,9,11-12H2,1H3,(H2,17,21). The number of ether oxygens (including phenoxy) is 1. The summed E-state index contributed by atoms with van der Waals surface area (Å²) in [6, 6.07) is 11.5. The van der Waals surface area contributed by atoms with Crippen molar-refractivity contribution in [2.24, 2.45) is 5.73 Å². The molecule has 0 amide bonds. The molecular weight excluding hydrogens is 284 g/mol. The van der Waals surface area contributed by atoms with Gasteiger partial charge in [0.25, 0.3) is 0 Å². The lowest BCUT2D eigenvalue weighted by Crippen LogP contribution is -2.20. The van der Waals surface area contributed by atoms with E-state index in [9.17, 15) is 0 Å². The molecule has 0 bridgehead atoms. The van der Waals surface area contributed by atoms with Gasteiger partial charge in [-0.1, -0.05) is 24.4 Å². The molecule has 0 atom stereocenters. The summed E-state index contributed by atoms with van der Waals surface area (Å²) in [4.78, 5) is 2.56. The molecule has 0 aliphatic carbocycles. The Morgan fingerprint density at radius 2 is 2.10 bits per heavy atom. The zero-order chi connectivity index (χ0) is 15.1. The number of para-hydroxylation sites is 1. The van der Waals surface area contributed by atoms with E-state index in [4.69, 9.17) is 27.1 Å². The Kier molecular flexibility index (Phi) is 5.78. The lowest BCUT2D eigenvalue weighted by atomic mass is 10.2. The van der Waals surface area contributed by atoms with E-state index >= 15 is 0 Å². The van der Waals surface area contributed by atoms with Crippen LogP contribution in [0.15, 0.2) is 47.1 Å². The van der Waals surface area contributed by atoms with Gasteiger partial charge in [0.1, 0.15) is 16.5 Å². The van der Waals surface area contributed by atoms with Crippen molar-refractivity contribution in [1.82, 2.24) is 4.90 Å². The molecular formula is C16H20N2O2S. The fraction of sp³-hybridized carbons (Fsp3) is 0.312. The molecule has 2 aromatic rings. The smallest absolute Gasteiger partial charge is 0.129 e. The van der Waals surface area contributed by atoms with Crippen molar-refractivity contribution in [1.29, 1.82) is 0 Å². The monoisotopic (exact) mass is 304 g/mol. The summed E-state index contributed by atoms with van der Waals surface area (Å²) >= 11 is 5.01. The van der Waals surface area contributed by atoms with Gasteiger partial charge in [0, 0.05) is 6.54 Å². The molecule has 21 heavy (non-hydrogen) atoms. The molecule has 0 spiro atoms. The van der Waals surface area contributed by atoms with Crippen LogP contribution in [0.25, 0.3) is 0 Å². The number of thiocarbonyl (C=S) groups is 1. The first-order valence-electron chi connectivity index (χ1n) is 6.89. The van der Waals surface area contributed by atoms with Gasteiger partial charge in [-0.3, -0.25) is 4.90 Å². The van der Waals surface area contributed by atoms with E-state index in [0.29, 0.717) is 11.6 Å². The second-order valence-electron chi connectivity index (χ2n) is 4.88. The molecule has 0 radical (unpaired) electrons. The van der Waals surface area contributed by atoms with Crippen molar-refractivity contribution >= 4 is 17.2 Å². The van der Waals surface area contributed by atoms with Crippen LogP contribution in [-0.4, -0.2) is 30.1 Å². The Morgan fingerprint density at radius 1 is 1.29 bits per heavy atom. The van der Waals surface area contributed by atoms with E-state index < -0.39 is 0 Å². The second kappa shape index (κ2) is 7.81. The maximum Gasteiger partial charge on any atom is 0.129 e. The summed E-state index contributed by atoms with van der Waals surface area (Å²) < 4.78 is 11.1. The van der Waals surface area contributed by atoms with E-state index in [-0.39, 0.29) is 0 Å². The normalized spacial score (nSPS) is 10.8. The molecule has 1 heterocycles. The van der Waals surface area contributed by atoms with E-state index in [0.717, 1.165) is 36.6 Å². The van der Waals surface area contributed by atoms with Gasteiger partial charge in [-0.15, -0.1) is 0 Å². The van der Waals surface area contributed by atoms with Crippen LogP contribution in [0.1, 0.15) is 17.7 Å². The van der Waals surface area contributed by atoms with Crippen molar-refractivity contribution < 1.29 is 9.15 Å². The van der Waals surface area contributed by atoms with Crippen LogP contribution in [0.5, 0.6) is 5.75 Å². The van der Waals surface area contributed by atoms with Crippen molar-refractivity contribution in [3.8, 4) is 5.75 Å². The van der Waals surface area contributed by atoms with Gasteiger partial charge in [0.05, 0.1) is 25.0 Å². The molecule has 2 rings (SSSR count). The number of rotatable bonds is 8. The third-order valence-electron chi connectivity index (χ3n) is 3.10. The van der Waals surface area contributed by atoms with Crippen LogP contribution < -0.4 is 10.5 Å². The quantitative estimate of drug-likeness (QED) is 0.600. The van der Waals surface area contributed by atoms with E-state index in [1.807, 2.05) is 36.4 Å². The third-order valence-corrected chi connectivity index (χ3v) is 3.32. The highest BCUT2D eigenvalue weighted by atomic mass is 32.1. The number of hydrogen-bond acceptors (Lipinski definition) is 4. The second-order valence-corrected chi connectivity index (χ2v) is 5.32. The average molecular weight is 304 g/mol. The van der Waals surface area contributed by atoms with Crippen molar-refractivity contribution in [2.45, 2.75) is 13.0 Å². The molecule has 0 saturated carbocycles. The molecule has 0 fully saturated rings. The summed E-state index contributed by atoms with van der Waals surface area (Å²) in [5.41, 5.74) is 6.46. The highest BCUT2D eigenvalue weighted by molar-refractivity contribution is 7.80. The Labute approximate surface area is 130 Å². The van der Waals surface area contributed by atoms with Gasteiger partial charge in [0.2, 0.25) is 0 Å². The summed E-state index contributed by atoms with van der Waals surface area (Å²) in [5, 5.41) is 0. The predicted molar refractivity (Wildman–Crippen MR) is 87.5 cm³/mol. The summed E-state index contributed by atoms with van der Waals surface area (Å²) in [6.45, 7) is 2.36. The molecule has 0 saturated heterocycles. The fourth-order valence-electron chi connectivity index (χ4n) is 2.06. The Morgan fingerprint density at radius 3 is 2.81 bits per heavy atom. The molecule has 0 unspecified atom stereocenters. The highest BCUT2D eigenvalue weighted by Gasteiger charge is 2.06. The topological polar surface area (TPSA) is 51.6 Å². The van der Waals surface area contributed by atoms with Gasteiger partial charge in [0.15, 0.2) is 0 Å². The van der Waals surface area contributed by atoms with Gasteiger partial charge >= 0.3 is 0 Å². The maximum absolute atomic E-state index is 5.77. The summed E-state index contributed by atoms with van der Waals surface area (Å²) in [6.07, 6.45) is 2.61. The van der Waals surface area contributed by atoms with Gasteiger partial charge in [-0.05, 0) is 37.7 Å². The van der Waals surface area contributed by atoms with Crippen molar-refractivity contribution in [3.63, 3.8) is 0 Å². The van der Waals surface area contributed by atoms with Gasteiger partial charge < -0.3 is 14.9 Å². The van der Waals surface area contributed by atoms with Crippen LogP contribution in [0.2, 0.25) is 0 Å². The average Bonchev–Trinajstić information content (AvgIpc) is 2.96. The first-order chi connectivity index (χ1) is 10.2. The first kappa shape index (κ1) is 15.5. The Balaban J connectivity index is 1.73. The van der Waals surface area contributed by atoms with Crippen molar-refractivity contribution in [2.75, 3.05) is 20.2 Å². The number of nitrogens with zero attached hydrogens (tertiary/aromatic N) is 1. The van der Waals surface area contributed by atoms with Crippen LogP contribution in [0.3, 0.4) is 0 Å². The van der Waals surface area contributed by atoms with Crippen LogP contribution in [-0.2, 0) is 6.54 Å². The molecule has 0 aliphatic rings. The maximum atomic E-state index is 5.77. The van der Waals surface area contributed by atoms with Crippen LogP contribution in [0.4, 0.5) is 0 Å². The number of hydrogen-bond donors (Lipinski definition) is 1. The number of furan rings is 1. The molecule has 1 aromatic heterocycles. The minimum absolute atomic E-state index is 0.362. The Hall–Kier alpha value is -1.85. The number of benzene rings is 1. The lowest BCUT2D eigenvalue weighted by Gasteiger charge is -2.16. The third kappa shape index (κ3) is 4.88. The van der Waals surface area contributed by atoms with E-state index in [1.165, 1.54) is 0 Å². The summed E-state index contributed by atoms with van der Waals surface area (Å²) in [5.74, 6) is 1.72. The fourth-order valence-corrected chi connectivity index (χ4v) is 2.23. The number of nitrogens with two attached hydrogens (primary N) is 1. The Bertz CT molecular complexity index is 569. The van der Waals surface area contributed by atoms with E-state index in [1.54, 1.807) is 6.26 Å². The van der Waals surface area contributed by atoms with Crippen LogP contribution in [0, 0.1) is 0 Å². The zero-order valence-corrected chi connectivity index (χ0v) is 12.9. The minimum atomic E-state index is 0.362.